The van der Waals surface area contributed by atoms with Gasteiger partial charge in [0.2, 0.25) is 0 Å². The van der Waals surface area contributed by atoms with E-state index in [1.54, 1.807) is 24.1 Å². The van der Waals surface area contributed by atoms with E-state index in [1.807, 2.05) is 6.26 Å². The van der Waals surface area contributed by atoms with E-state index in [0.29, 0.717) is 16.7 Å². The SMILES string of the molecule is CSc1nc(/N=C/NO)nc(-c2cnccn2)n1. The van der Waals surface area contributed by atoms with Crippen LogP contribution in [0.1, 0.15) is 0 Å². The van der Waals surface area contributed by atoms with Gasteiger partial charge in [0.1, 0.15) is 12.0 Å². The summed E-state index contributed by atoms with van der Waals surface area (Å²) < 4.78 is 0. The van der Waals surface area contributed by atoms with Crippen LogP contribution < -0.4 is 5.48 Å². The van der Waals surface area contributed by atoms with E-state index in [-0.39, 0.29) is 5.95 Å². The lowest BCUT2D eigenvalue weighted by molar-refractivity contribution is 0.240. The van der Waals surface area contributed by atoms with Gasteiger partial charge in [0.25, 0.3) is 5.95 Å². The molecule has 2 rings (SSSR count). The van der Waals surface area contributed by atoms with Crippen molar-refractivity contribution >= 4 is 24.0 Å². The molecule has 0 spiro atoms. The molecule has 0 aromatic carbocycles. The van der Waals surface area contributed by atoms with E-state index in [1.165, 1.54) is 11.8 Å². The molecule has 0 aliphatic heterocycles. The number of thioether (sulfide) groups is 1. The Hall–Kier alpha value is -2.13. The molecule has 0 saturated carbocycles. The van der Waals surface area contributed by atoms with Gasteiger partial charge in [-0.05, 0) is 6.26 Å². The Bertz CT molecular complexity index is 548. The van der Waals surface area contributed by atoms with Crippen molar-refractivity contribution < 1.29 is 5.21 Å². The predicted octanol–water partition coefficient (Wildman–Crippen LogP) is 0.689. The van der Waals surface area contributed by atoms with Crippen molar-refractivity contribution in [3.8, 4) is 11.5 Å². The monoisotopic (exact) mass is 263 g/mol. The zero-order valence-electron chi connectivity index (χ0n) is 9.35. The highest BCUT2D eigenvalue weighted by atomic mass is 32.2. The molecule has 9 heteroatoms. The summed E-state index contributed by atoms with van der Waals surface area (Å²) in [4.78, 5) is 24.2. The molecule has 0 fully saturated rings. The van der Waals surface area contributed by atoms with Crippen LogP contribution in [0.5, 0.6) is 0 Å². The number of nitrogens with zero attached hydrogens (tertiary/aromatic N) is 6. The van der Waals surface area contributed by atoms with Gasteiger partial charge in [-0.25, -0.2) is 9.97 Å². The number of hydrogen-bond donors (Lipinski definition) is 2. The molecule has 2 aromatic rings. The van der Waals surface area contributed by atoms with Crippen molar-refractivity contribution in [1.29, 1.82) is 0 Å². The van der Waals surface area contributed by atoms with Crippen LogP contribution in [0.15, 0.2) is 28.7 Å². The highest BCUT2D eigenvalue weighted by molar-refractivity contribution is 7.98. The Morgan fingerprint density at radius 2 is 2.22 bits per heavy atom. The lowest BCUT2D eigenvalue weighted by atomic mass is 10.4. The van der Waals surface area contributed by atoms with Gasteiger partial charge in [-0.2, -0.15) is 15.0 Å². The fourth-order valence-electron chi connectivity index (χ4n) is 1.11. The van der Waals surface area contributed by atoms with Crippen molar-refractivity contribution in [3.05, 3.63) is 18.6 Å². The first-order chi connectivity index (χ1) is 8.83. The maximum absolute atomic E-state index is 8.44. The maximum atomic E-state index is 8.44. The summed E-state index contributed by atoms with van der Waals surface area (Å²) in [5, 5.41) is 8.95. The molecule has 0 radical (unpaired) electrons. The number of aliphatic imine (C=N–C) groups is 1. The summed E-state index contributed by atoms with van der Waals surface area (Å²) in [5.41, 5.74) is 2.32. The molecule has 0 unspecified atom stereocenters. The number of nitrogens with one attached hydrogen (secondary N) is 1. The van der Waals surface area contributed by atoms with Gasteiger partial charge in [-0.3, -0.25) is 15.7 Å². The Morgan fingerprint density at radius 1 is 1.33 bits per heavy atom. The molecule has 0 aliphatic rings. The average molecular weight is 263 g/mol. The summed E-state index contributed by atoms with van der Waals surface area (Å²) in [6.45, 7) is 0. The largest absolute Gasteiger partial charge is 0.290 e. The molecule has 0 aliphatic carbocycles. The van der Waals surface area contributed by atoms with Crippen LogP contribution in [0.25, 0.3) is 11.5 Å². The van der Waals surface area contributed by atoms with Gasteiger partial charge < -0.3 is 0 Å². The van der Waals surface area contributed by atoms with Crippen LogP contribution >= 0.6 is 11.8 Å². The highest BCUT2D eigenvalue weighted by Crippen LogP contribution is 2.18. The number of aromatic nitrogens is 5. The smallest absolute Gasteiger partial charge is 0.255 e. The molecule has 2 N–H and O–H groups in total. The molecular formula is C9H9N7OS. The van der Waals surface area contributed by atoms with Crippen LogP contribution in [0.3, 0.4) is 0 Å². The van der Waals surface area contributed by atoms with Crippen molar-refractivity contribution in [3.63, 3.8) is 0 Å². The molecule has 0 amide bonds. The zero-order valence-corrected chi connectivity index (χ0v) is 10.2. The Kier molecular flexibility index (Phi) is 4.10. The molecule has 2 heterocycles. The molecule has 0 saturated heterocycles. The molecule has 18 heavy (non-hydrogen) atoms. The molecule has 2 aromatic heterocycles. The van der Waals surface area contributed by atoms with Gasteiger partial charge in [0.05, 0.1) is 6.20 Å². The molecule has 0 bridgehead atoms. The van der Waals surface area contributed by atoms with Gasteiger partial charge in [0.15, 0.2) is 11.0 Å². The third-order valence-electron chi connectivity index (χ3n) is 1.82. The standard InChI is InChI=1S/C9H9N7OS/c1-18-9-15-7(6-4-10-2-3-11-6)14-8(16-9)12-5-13-17/h2-5,17H,1H3,(H,12,13,14,15,16). The minimum atomic E-state index is 0.177. The topological polar surface area (TPSA) is 109 Å². The van der Waals surface area contributed by atoms with Crippen molar-refractivity contribution in [2.24, 2.45) is 4.99 Å². The number of hydrogen-bond acceptors (Lipinski definition) is 8. The summed E-state index contributed by atoms with van der Waals surface area (Å²) >= 11 is 1.36. The molecular weight excluding hydrogens is 254 g/mol. The van der Waals surface area contributed by atoms with Crippen molar-refractivity contribution in [2.75, 3.05) is 6.26 Å². The summed E-state index contributed by atoms with van der Waals surface area (Å²) in [7, 11) is 0. The summed E-state index contributed by atoms with van der Waals surface area (Å²) in [6, 6.07) is 0. The van der Waals surface area contributed by atoms with Gasteiger partial charge >= 0.3 is 0 Å². The first kappa shape index (κ1) is 12.3. The third kappa shape index (κ3) is 2.96. The van der Waals surface area contributed by atoms with Crippen LogP contribution in [0.2, 0.25) is 0 Å². The quantitative estimate of drug-likeness (QED) is 0.359. The Morgan fingerprint density at radius 3 is 2.89 bits per heavy atom. The molecule has 0 atom stereocenters. The lowest BCUT2D eigenvalue weighted by Gasteiger charge is -2.01. The van der Waals surface area contributed by atoms with Crippen LogP contribution in [0.4, 0.5) is 5.95 Å². The zero-order chi connectivity index (χ0) is 12.8. The van der Waals surface area contributed by atoms with E-state index >= 15 is 0 Å². The van der Waals surface area contributed by atoms with Crippen LogP contribution in [0, 0.1) is 0 Å². The number of rotatable bonds is 4. The summed E-state index contributed by atoms with van der Waals surface area (Å²) in [6.07, 6.45) is 7.58. The predicted molar refractivity (Wildman–Crippen MR) is 65.7 cm³/mol. The molecule has 8 nitrogen and oxygen atoms in total. The molecule has 92 valence electrons. The fourth-order valence-corrected chi connectivity index (χ4v) is 1.46. The second kappa shape index (κ2) is 5.98. The Balaban J connectivity index is 2.44. The van der Waals surface area contributed by atoms with E-state index in [9.17, 15) is 0 Å². The first-order valence-electron chi connectivity index (χ1n) is 4.82. The second-order valence-corrected chi connectivity index (χ2v) is 3.70. The highest BCUT2D eigenvalue weighted by Gasteiger charge is 2.08. The minimum Gasteiger partial charge on any atom is -0.290 e. The normalized spacial score (nSPS) is 10.8. The first-order valence-corrected chi connectivity index (χ1v) is 6.04. The van der Waals surface area contributed by atoms with E-state index in [0.717, 1.165) is 6.34 Å². The average Bonchev–Trinajstić information content (AvgIpc) is 2.45. The van der Waals surface area contributed by atoms with E-state index in [2.05, 4.69) is 29.9 Å². The Labute approximate surface area is 107 Å². The maximum Gasteiger partial charge on any atom is 0.255 e. The van der Waals surface area contributed by atoms with E-state index in [4.69, 9.17) is 5.21 Å². The van der Waals surface area contributed by atoms with E-state index < -0.39 is 0 Å². The third-order valence-corrected chi connectivity index (χ3v) is 2.36. The van der Waals surface area contributed by atoms with Gasteiger partial charge in [-0.1, -0.05) is 11.8 Å². The summed E-state index contributed by atoms with van der Waals surface area (Å²) in [5.74, 6) is 0.559. The van der Waals surface area contributed by atoms with Crippen LogP contribution in [-0.4, -0.2) is 42.7 Å². The van der Waals surface area contributed by atoms with Crippen molar-refractivity contribution in [1.82, 2.24) is 30.4 Å². The second-order valence-electron chi connectivity index (χ2n) is 2.92. The van der Waals surface area contributed by atoms with Crippen molar-refractivity contribution in [2.45, 2.75) is 5.16 Å². The van der Waals surface area contributed by atoms with Gasteiger partial charge in [-0.15, -0.1) is 0 Å². The number of hydroxylamine groups is 1. The van der Waals surface area contributed by atoms with Crippen LogP contribution in [-0.2, 0) is 0 Å². The van der Waals surface area contributed by atoms with Gasteiger partial charge in [0, 0.05) is 12.4 Å². The minimum absolute atomic E-state index is 0.177. The fraction of sp³-hybridized carbons (Fsp3) is 0.111. The lowest BCUT2D eigenvalue weighted by Crippen LogP contribution is -2.03.